The van der Waals surface area contributed by atoms with Crippen LogP contribution in [0.1, 0.15) is 32.1 Å². The quantitative estimate of drug-likeness (QED) is 0.753. The number of hydrogen-bond donors (Lipinski definition) is 1. The molecule has 1 saturated carbocycles. The van der Waals surface area contributed by atoms with Gasteiger partial charge in [-0.2, -0.15) is 13.2 Å². The number of carboxylic acids is 1. The van der Waals surface area contributed by atoms with Gasteiger partial charge in [-0.25, -0.2) is 0 Å². The average molecular weight is 196 g/mol. The molecule has 0 aliphatic heterocycles. The molecular weight excluding hydrogens is 185 g/mol. The Kier molecular flexibility index (Phi) is 2.54. The maximum absolute atomic E-state index is 11.8. The molecule has 5 heteroatoms. The monoisotopic (exact) mass is 196 g/mol. The summed E-state index contributed by atoms with van der Waals surface area (Å²) in [4.78, 5) is 10.7. The molecule has 0 unspecified atom stereocenters. The van der Waals surface area contributed by atoms with E-state index in [0.29, 0.717) is 12.8 Å². The van der Waals surface area contributed by atoms with Crippen molar-refractivity contribution in [3.05, 3.63) is 0 Å². The minimum atomic E-state index is -4.24. The van der Waals surface area contributed by atoms with Gasteiger partial charge in [0.15, 0.2) is 0 Å². The van der Waals surface area contributed by atoms with Crippen molar-refractivity contribution in [1.29, 1.82) is 0 Å². The highest BCUT2D eigenvalue weighted by molar-refractivity contribution is 5.75. The van der Waals surface area contributed by atoms with Crippen LogP contribution in [0.15, 0.2) is 0 Å². The molecule has 0 atom stereocenters. The zero-order valence-corrected chi connectivity index (χ0v) is 7.02. The first kappa shape index (κ1) is 10.3. The second-order valence-electron chi connectivity index (χ2n) is 3.55. The Hall–Kier alpha value is -0.740. The van der Waals surface area contributed by atoms with Crippen LogP contribution in [0.4, 0.5) is 13.2 Å². The standard InChI is InChI=1S/C8H11F3O2/c9-8(10,11)5-4-7(6(12)13)2-1-3-7/h1-5H2,(H,12,13). The maximum atomic E-state index is 11.8. The van der Waals surface area contributed by atoms with Crippen molar-refractivity contribution in [2.45, 2.75) is 38.3 Å². The van der Waals surface area contributed by atoms with Crippen LogP contribution in [0, 0.1) is 5.41 Å². The lowest BCUT2D eigenvalue weighted by Gasteiger charge is -2.37. The molecule has 0 amide bonds. The Morgan fingerprint density at radius 1 is 1.38 bits per heavy atom. The largest absolute Gasteiger partial charge is 0.481 e. The highest BCUT2D eigenvalue weighted by atomic mass is 19.4. The molecule has 0 aromatic carbocycles. The van der Waals surface area contributed by atoms with Crippen LogP contribution in [0.3, 0.4) is 0 Å². The van der Waals surface area contributed by atoms with Crippen molar-refractivity contribution in [1.82, 2.24) is 0 Å². The summed E-state index contributed by atoms with van der Waals surface area (Å²) in [5.74, 6) is -1.08. The number of aliphatic carboxylic acids is 1. The van der Waals surface area contributed by atoms with E-state index in [1.165, 1.54) is 0 Å². The van der Waals surface area contributed by atoms with Gasteiger partial charge in [0.1, 0.15) is 0 Å². The van der Waals surface area contributed by atoms with Gasteiger partial charge in [0.05, 0.1) is 5.41 Å². The van der Waals surface area contributed by atoms with E-state index in [-0.39, 0.29) is 6.42 Å². The Labute approximate surface area is 73.7 Å². The Morgan fingerprint density at radius 3 is 2.15 bits per heavy atom. The number of hydrogen-bond acceptors (Lipinski definition) is 1. The predicted molar refractivity (Wildman–Crippen MR) is 39.2 cm³/mol. The second-order valence-corrected chi connectivity index (χ2v) is 3.55. The van der Waals surface area contributed by atoms with E-state index in [9.17, 15) is 18.0 Å². The van der Waals surface area contributed by atoms with Gasteiger partial charge in [-0.3, -0.25) is 4.79 Å². The van der Waals surface area contributed by atoms with E-state index >= 15 is 0 Å². The van der Waals surface area contributed by atoms with E-state index in [0.717, 1.165) is 6.42 Å². The van der Waals surface area contributed by atoms with Gasteiger partial charge >= 0.3 is 12.1 Å². The fraction of sp³-hybridized carbons (Fsp3) is 0.875. The molecular formula is C8H11F3O2. The Morgan fingerprint density at radius 2 is 1.92 bits per heavy atom. The van der Waals surface area contributed by atoms with Crippen molar-refractivity contribution < 1.29 is 23.1 Å². The SMILES string of the molecule is O=C(O)C1(CCC(F)(F)F)CCC1. The molecule has 0 radical (unpaired) electrons. The topological polar surface area (TPSA) is 37.3 Å². The number of halogens is 3. The number of rotatable bonds is 3. The Balaban J connectivity index is 2.46. The smallest absolute Gasteiger partial charge is 0.389 e. The zero-order chi connectivity index (χ0) is 10.1. The van der Waals surface area contributed by atoms with Gasteiger partial charge in [-0.05, 0) is 19.3 Å². The van der Waals surface area contributed by atoms with E-state index in [2.05, 4.69) is 0 Å². The summed E-state index contributed by atoms with van der Waals surface area (Å²) in [6.07, 6.45) is -4.00. The molecule has 1 fully saturated rings. The van der Waals surface area contributed by atoms with Crippen LogP contribution in [0.2, 0.25) is 0 Å². The molecule has 0 aromatic heterocycles. The van der Waals surface area contributed by atoms with Crippen LogP contribution < -0.4 is 0 Å². The molecule has 0 bridgehead atoms. The Bertz CT molecular complexity index is 206. The summed E-state index contributed by atoms with van der Waals surface area (Å²) in [6.45, 7) is 0. The van der Waals surface area contributed by atoms with Crippen molar-refractivity contribution in [2.75, 3.05) is 0 Å². The van der Waals surface area contributed by atoms with Crippen LogP contribution in [0.5, 0.6) is 0 Å². The molecule has 1 N–H and O–H groups in total. The summed E-state index contributed by atoms with van der Waals surface area (Å²) in [7, 11) is 0. The molecule has 0 heterocycles. The van der Waals surface area contributed by atoms with Crippen LogP contribution in [0.25, 0.3) is 0 Å². The van der Waals surface area contributed by atoms with Crippen molar-refractivity contribution in [3.8, 4) is 0 Å². The fourth-order valence-electron chi connectivity index (χ4n) is 1.56. The van der Waals surface area contributed by atoms with Crippen LogP contribution in [-0.2, 0) is 4.79 Å². The van der Waals surface area contributed by atoms with Crippen molar-refractivity contribution >= 4 is 5.97 Å². The maximum Gasteiger partial charge on any atom is 0.389 e. The number of carbonyl (C=O) groups is 1. The van der Waals surface area contributed by atoms with Crippen LogP contribution in [-0.4, -0.2) is 17.3 Å². The molecule has 76 valence electrons. The lowest BCUT2D eigenvalue weighted by atomic mass is 9.66. The molecule has 13 heavy (non-hydrogen) atoms. The molecule has 1 aliphatic carbocycles. The fourth-order valence-corrected chi connectivity index (χ4v) is 1.56. The third-order valence-electron chi connectivity index (χ3n) is 2.65. The van der Waals surface area contributed by atoms with Gasteiger partial charge in [0.2, 0.25) is 0 Å². The lowest BCUT2D eigenvalue weighted by Crippen LogP contribution is -2.38. The molecule has 1 rings (SSSR count). The molecule has 0 spiro atoms. The van der Waals surface area contributed by atoms with Crippen LogP contribution >= 0.6 is 0 Å². The highest BCUT2D eigenvalue weighted by Gasteiger charge is 2.46. The van der Waals surface area contributed by atoms with Gasteiger partial charge in [-0.1, -0.05) is 6.42 Å². The normalized spacial score (nSPS) is 20.8. The third-order valence-corrected chi connectivity index (χ3v) is 2.65. The van der Waals surface area contributed by atoms with E-state index in [1.807, 2.05) is 0 Å². The first-order chi connectivity index (χ1) is 5.86. The summed E-state index contributed by atoms with van der Waals surface area (Å²) >= 11 is 0. The summed E-state index contributed by atoms with van der Waals surface area (Å²) in [5.41, 5.74) is -1.07. The third kappa shape index (κ3) is 2.35. The first-order valence-corrected chi connectivity index (χ1v) is 4.16. The van der Waals surface area contributed by atoms with E-state index < -0.39 is 24.0 Å². The minimum Gasteiger partial charge on any atom is -0.481 e. The number of carboxylic acid groups (broad SMARTS) is 1. The zero-order valence-electron chi connectivity index (χ0n) is 7.02. The average Bonchev–Trinajstić information content (AvgIpc) is 1.80. The summed E-state index contributed by atoms with van der Waals surface area (Å²) < 4.78 is 35.5. The highest BCUT2D eigenvalue weighted by Crippen LogP contribution is 2.46. The summed E-state index contributed by atoms with van der Waals surface area (Å²) in [6, 6.07) is 0. The molecule has 1 aliphatic rings. The van der Waals surface area contributed by atoms with Gasteiger partial charge in [-0.15, -0.1) is 0 Å². The minimum absolute atomic E-state index is 0.272. The van der Waals surface area contributed by atoms with Gasteiger partial charge in [0, 0.05) is 6.42 Å². The van der Waals surface area contributed by atoms with E-state index in [1.54, 1.807) is 0 Å². The molecule has 0 saturated heterocycles. The molecule has 2 nitrogen and oxygen atoms in total. The molecule has 0 aromatic rings. The predicted octanol–water partition coefficient (Wildman–Crippen LogP) is 2.58. The van der Waals surface area contributed by atoms with Gasteiger partial charge < -0.3 is 5.11 Å². The van der Waals surface area contributed by atoms with Gasteiger partial charge in [0.25, 0.3) is 0 Å². The van der Waals surface area contributed by atoms with Crippen molar-refractivity contribution in [3.63, 3.8) is 0 Å². The number of alkyl halides is 3. The second kappa shape index (κ2) is 3.20. The lowest BCUT2D eigenvalue weighted by molar-refractivity contribution is -0.164. The van der Waals surface area contributed by atoms with E-state index in [4.69, 9.17) is 5.11 Å². The van der Waals surface area contributed by atoms with Crippen molar-refractivity contribution in [2.24, 2.45) is 5.41 Å². The first-order valence-electron chi connectivity index (χ1n) is 4.16. The summed E-state index contributed by atoms with van der Waals surface area (Å²) in [5, 5.41) is 8.71.